The van der Waals surface area contributed by atoms with E-state index in [9.17, 15) is 9.59 Å². The molecule has 3 rings (SSSR count). The first-order valence-electron chi connectivity index (χ1n) is 7.80. The fraction of sp³-hybridized carbons (Fsp3) is 0.235. The van der Waals surface area contributed by atoms with E-state index in [0.29, 0.717) is 28.1 Å². The van der Waals surface area contributed by atoms with Crippen molar-refractivity contribution in [3.8, 4) is 11.4 Å². The molecule has 1 aromatic carbocycles. The Morgan fingerprint density at radius 2 is 2.00 bits per heavy atom. The molecule has 0 bridgehead atoms. The highest BCUT2D eigenvalue weighted by molar-refractivity contribution is 7.16. The number of methoxy groups -OCH3 is 1. The molecule has 134 valence electrons. The number of hydrogen-bond acceptors (Lipinski definition) is 8. The van der Waals surface area contributed by atoms with E-state index in [1.807, 2.05) is 30.3 Å². The van der Waals surface area contributed by atoms with Gasteiger partial charge in [0.15, 0.2) is 10.8 Å². The number of thiazole rings is 1. The van der Waals surface area contributed by atoms with E-state index in [1.165, 1.54) is 18.4 Å². The van der Waals surface area contributed by atoms with Crippen molar-refractivity contribution >= 4 is 28.3 Å². The number of aromatic nitrogens is 3. The summed E-state index contributed by atoms with van der Waals surface area (Å²) < 4.78 is 9.82. The van der Waals surface area contributed by atoms with Crippen LogP contribution >= 0.6 is 11.3 Å². The summed E-state index contributed by atoms with van der Waals surface area (Å²) in [6.45, 7) is 1.74. The second-order valence-electron chi connectivity index (χ2n) is 5.34. The number of rotatable bonds is 6. The summed E-state index contributed by atoms with van der Waals surface area (Å²) in [5.41, 5.74) is 1.05. The molecular formula is C17H16N4O4S. The number of benzene rings is 1. The summed E-state index contributed by atoms with van der Waals surface area (Å²) in [6, 6.07) is 9.44. The first-order valence-corrected chi connectivity index (χ1v) is 8.62. The summed E-state index contributed by atoms with van der Waals surface area (Å²) in [5.74, 6) is 0.0806. The first kappa shape index (κ1) is 17.7. The maximum Gasteiger partial charge on any atom is 0.357 e. The Labute approximate surface area is 153 Å². The van der Waals surface area contributed by atoms with E-state index in [-0.39, 0.29) is 18.0 Å². The van der Waals surface area contributed by atoms with Gasteiger partial charge in [0.1, 0.15) is 0 Å². The van der Waals surface area contributed by atoms with Gasteiger partial charge >= 0.3 is 5.97 Å². The number of esters is 1. The third-order valence-electron chi connectivity index (χ3n) is 3.49. The van der Waals surface area contributed by atoms with Gasteiger partial charge in [-0.15, -0.1) is 11.3 Å². The maximum absolute atomic E-state index is 12.1. The zero-order valence-corrected chi connectivity index (χ0v) is 15.0. The molecule has 1 amide bonds. The smallest absolute Gasteiger partial charge is 0.357 e. The predicted molar refractivity (Wildman–Crippen MR) is 94.9 cm³/mol. The van der Waals surface area contributed by atoms with Crippen molar-refractivity contribution < 1.29 is 18.8 Å². The SMILES string of the molecule is COC(=O)c1nc(NC(=O)CCc2nc(-c3ccccc3)no2)sc1C. The number of aryl methyl sites for hydroxylation is 2. The number of amides is 1. The minimum absolute atomic E-state index is 0.155. The monoisotopic (exact) mass is 372 g/mol. The van der Waals surface area contributed by atoms with Crippen molar-refractivity contribution in [2.24, 2.45) is 0 Å². The lowest BCUT2D eigenvalue weighted by atomic mass is 10.2. The van der Waals surface area contributed by atoms with Crippen LogP contribution in [0.4, 0.5) is 5.13 Å². The minimum atomic E-state index is -0.529. The zero-order chi connectivity index (χ0) is 18.5. The fourth-order valence-electron chi connectivity index (χ4n) is 2.20. The Morgan fingerprint density at radius 3 is 2.73 bits per heavy atom. The second kappa shape index (κ2) is 7.87. The Bertz CT molecular complexity index is 920. The summed E-state index contributed by atoms with van der Waals surface area (Å²) in [4.78, 5) is 32.7. The van der Waals surface area contributed by atoms with Gasteiger partial charge in [0, 0.05) is 23.3 Å². The number of hydrogen-bond donors (Lipinski definition) is 1. The van der Waals surface area contributed by atoms with Gasteiger partial charge in [-0.25, -0.2) is 9.78 Å². The second-order valence-corrected chi connectivity index (χ2v) is 6.54. The number of ether oxygens (including phenoxy) is 1. The van der Waals surface area contributed by atoms with Crippen LogP contribution in [0.2, 0.25) is 0 Å². The molecule has 0 saturated carbocycles. The molecule has 0 radical (unpaired) electrons. The van der Waals surface area contributed by atoms with Crippen molar-refractivity contribution in [2.45, 2.75) is 19.8 Å². The normalized spacial score (nSPS) is 10.5. The van der Waals surface area contributed by atoms with Crippen LogP contribution in [0.25, 0.3) is 11.4 Å². The van der Waals surface area contributed by atoms with Crippen LogP contribution in [0.5, 0.6) is 0 Å². The number of carbonyl (C=O) groups is 2. The Morgan fingerprint density at radius 1 is 1.23 bits per heavy atom. The molecule has 0 aliphatic rings. The Hall–Kier alpha value is -3.07. The molecule has 0 aliphatic heterocycles. The van der Waals surface area contributed by atoms with Crippen molar-refractivity contribution in [1.29, 1.82) is 0 Å². The molecule has 0 fully saturated rings. The van der Waals surface area contributed by atoms with Crippen LogP contribution in [0.3, 0.4) is 0 Å². The standard InChI is InChI=1S/C17H16N4O4S/c1-10-14(16(23)24-2)20-17(26-10)18-12(22)8-9-13-19-15(21-25-13)11-6-4-3-5-7-11/h3-7H,8-9H2,1-2H3,(H,18,20,22). The number of nitrogens with one attached hydrogen (secondary N) is 1. The van der Waals surface area contributed by atoms with Crippen LogP contribution in [0, 0.1) is 6.92 Å². The largest absolute Gasteiger partial charge is 0.464 e. The summed E-state index contributed by atoms with van der Waals surface area (Å²) in [5, 5.41) is 6.92. The molecule has 1 N–H and O–H groups in total. The van der Waals surface area contributed by atoms with E-state index in [0.717, 1.165) is 5.56 Å². The molecule has 0 aliphatic carbocycles. The molecule has 2 heterocycles. The Kier molecular flexibility index (Phi) is 5.37. The quantitative estimate of drug-likeness (QED) is 0.663. The first-order chi connectivity index (χ1) is 12.6. The van der Waals surface area contributed by atoms with Gasteiger partial charge in [0.25, 0.3) is 0 Å². The Balaban J connectivity index is 1.56. The van der Waals surface area contributed by atoms with Gasteiger partial charge in [0.2, 0.25) is 17.6 Å². The van der Waals surface area contributed by atoms with Crippen molar-refractivity contribution in [2.75, 3.05) is 12.4 Å². The van der Waals surface area contributed by atoms with Crippen molar-refractivity contribution in [3.05, 3.63) is 46.8 Å². The average molecular weight is 372 g/mol. The third-order valence-corrected chi connectivity index (χ3v) is 4.37. The van der Waals surface area contributed by atoms with Gasteiger partial charge < -0.3 is 14.6 Å². The fourth-order valence-corrected chi connectivity index (χ4v) is 3.02. The van der Waals surface area contributed by atoms with Crippen LogP contribution in [0.1, 0.15) is 27.7 Å². The number of carbonyl (C=O) groups excluding carboxylic acids is 2. The topological polar surface area (TPSA) is 107 Å². The van der Waals surface area contributed by atoms with Crippen LogP contribution in [0.15, 0.2) is 34.9 Å². The lowest BCUT2D eigenvalue weighted by Gasteiger charge is -1.99. The summed E-state index contributed by atoms with van der Waals surface area (Å²) in [6.07, 6.45) is 0.461. The predicted octanol–water partition coefficient (Wildman–Crippen LogP) is 2.86. The van der Waals surface area contributed by atoms with Gasteiger partial charge in [-0.3, -0.25) is 4.79 Å². The third kappa shape index (κ3) is 4.12. The van der Waals surface area contributed by atoms with E-state index < -0.39 is 5.97 Å². The number of nitrogens with zero attached hydrogens (tertiary/aromatic N) is 3. The summed E-state index contributed by atoms with van der Waals surface area (Å²) in [7, 11) is 1.29. The van der Waals surface area contributed by atoms with Crippen LogP contribution < -0.4 is 5.32 Å². The molecule has 3 aromatic rings. The van der Waals surface area contributed by atoms with Crippen molar-refractivity contribution in [1.82, 2.24) is 15.1 Å². The molecule has 0 spiro atoms. The zero-order valence-electron chi connectivity index (χ0n) is 14.2. The highest BCUT2D eigenvalue weighted by atomic mass is 32.1. The van der Waals surface area contributed by atoms with Gasteiger partial charge in [0.05, 0.1) is 7.11 Å². The lowest BCUT2D eigenvalue weighted by Crippen LogP contribution is -2.12. The van der Waals surface area contributed by atoms with E-state index >= 15 is 0 Å². The molecule has 2 aromatic heterocycles. The minimum Gasteiger partial charge on any atom is -0.464 e. The number of anilines is 1. The summed E-state index contributed by atoms with van der Waals surface area (Å²) >= 11 is 1.21. The van der Waals surface area contributed by atoms with Crippen LogP contribution in [-0.4, -0.2) is 34.1 Å². The molecular weight excluding hydrogens is 356 g/mol. The molecule has 26 heavy (non-hydrogen) atoms. The van der Waals surface area contributed by atoms with Crippen LogP contribution in [-0.2, 0) is 16.0 Å². The lowest BCUT2D eigenvalue weighted by molar-refractivity contribution is -0.116. The van der Waals surface area contributed by atoms with Gasteiger partial charge in [-0.2, -0.15) is 4.98 Å². The van der Waals surface area contributed by atoms with Crippen molar-refractivity contribution in [3.63, 3.8) is 0 Å². The van der Waals surface area contributed by atoms with E-state index in [1.54, 1.807) is 6.92 Å². The molecule has 8 nitrogen and oxygen atoms in total. The maximum atomic E-state index is 12.1. The highest BCUT2D eigenvalue weighted by Gasteiger charge is 2.17. The molecule has 9 heteroatoms. The van der Waals surface area contributed by atoms with Gasteiger partial charge in [-0.05, 0) is 6.92 Å². The molecule has 0 atom stereocenters. The molecule has 0 unspecified atom stereocenters. The van der Waals surface area contributed by atoms with E-state index in [2.05, 4.69) is 25.2 Å². The van der Waals surface area contributed by atoms with E-state index in [4.69, 9.17) is 4.52 Å². The van der Waals surface area contributed by atoms with Gasteiger partial charge in [-0.1, -0.05) is 35.5 Å². The average Bonchev–Trinajstić information content (AvgIpc) is 3.27. The highest BCUT2D eigenvalue weighted by Crippen LogP contribution is 2.23. The molecule has 0 saturated heterocycles.